The third-order valence-corrected chi connectivity index (χ3v) is 4.74. The smallest absolute Gasteiger partial charge is 0.226 e. The molecule has 1 rings (SSSR count). The summed E-state index contributed by atoms with van der Waals surface area (Å²) in [5, 5.41) is 11.8. The fourth-order valence-corrected chi connectivity index (χ4v) is 2.65. The van der Waals surface area contributed by atoms with E-state index in [2.05, 4.69) is 5.32 Å². The summed E-state index contributed by atoms with van der Waals surface area (Å²) in [6.07, 6.45) is 1.23. The van der Waals surface area contributed by atoms with Gasteiger partial charge in [-0.25, -0.2) is 0 Å². The molecule has 0 aliphatic carbocycles. The number of carbonyl (C=O) groups is 3. The van der Waals surface area contributed by atoms with Gasteiger partial charge in [0.25, 0.3) is 0 Å². The van der Waals surface area contributed by atoms with Gasteiger partial charge in [0.2, 0.25) is 11.8 Å². The monoisotopic (exact) mass is 482 g/mol. The summed E-state index contributed by atoms with van der Waals surface area (Å²) in [6, 6.07) is 6.99. The molecule has 34 heavy (non-hydrogen) atoms. The van der Waals surface area contributed by atoms with Crippen molar-refractivity contribution in [2.75, 3.05) is 71.8 Å². The maximum absolute atomic E-state index is 11.9. The molecule has 0 aromatic heterocycles. The molecule has 192 valence electrons. The average molecular weight is 483 g/mol. The molecule has 0 spiro atoms. The van der Waals surface area contributed by atoms with Crippen molar-refractivity contribution in [2.24, 2.45) is 5.92 Å². The number of likely N-dealkylation sites (N-methyl/N-ethyl adjacent to an activating group) is 1. The quantitative estimate of drug-likeness (QED) is 0.210. The molecule has 2 amide bonds. The van der Waals surface area contributed by atoms with E-state index in [0.717, 1.165) is 11.8 Å². The summed E-state index contributed by atoms with van der Waals surface area (Å²) in [7, 11) is 1.69. The molecule has 0 aliphatic rings. The number of carbonyl (C=O) groups excluding carboxylic acids is 3. The Hall–Kier alpha value is -2.37. The maximum Gasteiger partial charge on any atom is 0.226 e. The SMILES string of the molecule is CC(C=O)CC(=O)N(C)CCOCCOCCOCCOCCC(=O)Nc1ccc(CO)cc1. The predicted octanol–water partition coefficient (Wildman–Crippen LogP) is 1.26. The van der Waals surface area contributed by atoms with Crippen LogP contribution in [0.1, 0.15) is 25.3 Å². The number of nitrogens with zero attached hydrogens (tertiary/aromatic N) is 1. The molecular formula is C24H38N2O8. The molecule has 0 bridgehead atoms. The standard InChI is InChI=1S/C24H38N2O8/c1-20(18-27)17-24(30)26(2)8-10-32-12-14-34-16-15-33-13-11-31-9-7-23(29)25-22-5-3-21(19-28)4-6-22/h3-6,18,20,28H,7-17,19H2,1-2H3,(H,25,29). The van der Waals surface area contributed by atoms with Crippen LogP contribution in [0.4, 0.5) is 5.69 Å². The van der Waals surface area contributed by atoms with Gasteiger partial charge in [-0.2, -0.15) is 0 Å². The number of benzene rings is 1. The Kier molecular flexibility index (Phi) is 16.6. The molecule has 0 saturated heterocycles. The van der Waals surface area contributed by atoms with Gasteiger partial charge >= 0.3 is 0 Å². The van der Waals surface area contributed by atoms with Gasteiger partial charge in [0.1, 0.15) is 6.29 Å². The number of aliphatic hydroxyl groups is 1. The summed E-state index contributed by atoms with van der Waals surface area (Å²) in [5.74, 6) is -0.486. The van der Waals surface area contributed by atoms with Crippen LogP contribution in [-0.2, 0) is 39.9 Å². The molecule has 0 radical (unpaired) electrons. The van der Waals surface area contributed by atoms with Gasteiger partial charge in [-0.1, -0.05) is 19.1 Å². The highest BCUT2D eigenvalue weighted by Gasteiger charge is 2.12. The minimum Gasteiger partial charge on any atom is -0.392 e. The first-order chi connectivity index (χ1) is 16.5. The second-order valence-electron chi connectivity index (χ2n) is 7.74. The van der Waals surface area contributed by atoms with Crippen LogP contribution in [0, 0.1) is 5.92 Å². The van der Waals surface area contributed by atoms with E-state index in [9.17, 15) is 14.4 Å². The van der Waals surface area contributed by atoms with E-state index in [0.29, 0.717) is 65.1 Å². The van der Waals surface area contributed by atoms with Gasteiger partial charge in [0, 0.05) is 31.6 Å². The number of ether oxygens (including phenoxy) is 4. The highest BCUT2D eigenvalue weighted by Crippen LogP contribution is 2.09. The third kappa shape index (κ3) is 14.7. The first kappa shape index (κ1) is 29.7. The molecule has 0 saturated carbocycles. The first-order valence-corrected chi connectivity index (χ1v) is 11.5. The Morgan fingerprint density at radius 1 is 0.941 bits per heavy atom. The fourth-order valence-electron chi connectivity index (χ4n) is 2.65. The summed E-state index contributed by atoms with van der Waals surface area (Å²) in [5.41, 5.74) is 1.47. The minimum absolute atomic E-state index is 0.0298. The highest BCUT2D eigenvalue weighted by atomic mass is 16.6. The van der Waals surface area contributed by atoms with Crippen molar-refractivity contribution in [1.82, 2.24) is 4.90 Å². The minimum atomic E-state index is -0.271. The number of aliphatic hydroxyl groups excluding tert-OH is 1. The van der Waals surface area contributed by atoms with Crippen LogP contribution in [0.2, 0.25) is 0 Å². The molecule has 2 N–H and O–H groups in total. The van der Waals surface area contributed by atoms with Crippen LogP contribution < -0.4 is 5.32 Å². The van der Waals surface area contributed by atoms with Crippen molar-refractivity contribution in [1.29, 1.82) is 0 Å². The number of rotatable bonds is 20. The van der Waals surface area contributed by atoms with Crippen LogP contribution in [0.25, 0.3) is 0 Å². The number of aldehydes is 1. The fraction of sp³-hybridized carbons (Fsp3) is 0.625. The van der Waals surface area contributed by atoms with Crippen molar-refractivity contribution in [2.45, 2.75) is 26.4 Å². The summed E-state index contributed by atoms with van der Waals surface area (Å²) in [6.45, 7) is 5.37. The lowest BCUT2D eigenvalue weighted by molar-refractivity contribution is -0.132. The molecule has 1 aromatic rings. The largest absolute Gasteiger partial charge is 0.392 e. The van der Waals surface area contributed by atoms with Crippen LogP contribution in [0.5, 0.6) is 0 Å². The van der Waals surface area contributed by atoms with Crippen molar-refractivity contribution < 1.29 is 38.4 Å². The Morgan fingerprint density at radius 3 is 2.00 bits per heavy atom. The van der Waals surface area contributed by atoms with Gasteiger partial charge in [0.05, 0.1) is 65.9 Å². The molecule has 10 nitrogen and oxygen atoms in total. The van der Waals surface area contributed by atoms with E-state index in [-0.39, 0.29) is 37.2 Å². The van der Waals surface area contributed by atoms with E-state index < -0.39 is 0 Å². The van der Waals surface area contributed by atoms with Gasteiger partial charge < -0.3 is 39.1 Å². The predicted molar refractivity (Wildman–Crippen MR) is 126 cm³/mol. The molecule has 10 heteroatoms. The van der Waals surface area contributed by atoms with E-state index in [1.165, 1.54) is 0 Å². The summed E-state index contributed by atoms with van der Waals surface area (Å²) in [4.78, 5) is 35.8. The number of hydrogen-bond acceptors (Lipinski definition) is 8. The van der Waals surface area contributed by atoms with Gasteiger partial charge in [-0.05, 0) is 17.7 Å². The Bertz CT molecular complexity index is 699. The van der Waals surface area contributed by atoms with Crippen LogP contribution in [0.15, 0.2) is 24.3 Å². The topological polar surface area (TPSA) is 124 Å². The lowest BCUT2D eigenvalue weighted by atomic mass is 10.1. The van der Waals surface area contributed by atoms with E-state index >= 15 is 0 Å². The van der Waals surface area contributed by atoms with Gasteiger partial charge in [-0.15, -0.1) is 0 Å². The number of nitrogens with one attached hydrogen (secondary N) is 1. The summed E-state index contributed by atoms with van der Waals surface area (Å²) >= 11 is 0. The third-order valence-electron chi connectivity index (χ3n) is 4.74. The zero-order chi connectivity index (χ0) is 25.0. The first-order valence-electron chi connectivity index (χ1n) is 11.5. The molecular weight excluding hydrogens is 444 g/mol. The van der Waals surface area contributed by atoms with Crippen LogP contribution >= 0.6 is 0 Å². The van der Waals surface area contributed by atoms with Crippen molar-refractivity contribution in [3.05, 3.63) is 29.8 Å². The molecule has 0 heterocycles. The zero-order valence-corrected chi connectivity index (χ0v) is 20.2. The lowest BCUT2D eigenvalue weighted by Gasteiger charge is -2.18. The van der Waals surface area contributed by atoms with E-state index in [4.69, 9.17) is 24.1 Å². The number of hydrogen-bond donors (Lipinski definition) is 2. The molecule has 1 unspecified atom stereocenters. The average Bonchev–Trinajstić information content (AvgIpc) is 2.84. The van der Waals surface area contributed by atoms with Crippen molar-refractivity contribution in [3.63, 3.8) is 0 Å². The highest BCUT2D eigenvalue weighted by molar-refractivity contribution is 5.90. The number of amides is 2. The molecule has 0 aliphatic heterocycles. The molecule has 0 fully saturated rings. The second kappa shape index (κ2) is 19.0. The Labute approximate surface area is 201 Å². The Morgan fingerprint density at radius 2 is 1.47 bits per heavy atom. The second-order valence-corrected chi connectivity index (χ2v) is 7.74. The molecule has 1 atom stereocenters. The van der Waals surface area contributed by atoms with Crippen molar-refractivity contribution >= 4 is 23.8 Å². The normalized spacial score (nSPS) is 11.7. The van der Waals surface area contributed by atoms with E-state index in [1.54, 1.807) is 43.1 Å². The Balaban J connectivity index is 1.86. The maximum atomic E-state index is 11.9. The summed E-state index contributed by atoms with van der Waals surface area (Å²) < 4.78 is 21.6. The van der Waals surface area contributed by atoms with Gasteiger partial charge in [0.15, 0.2) is 0 Å². The van der Waals surface area contributed by atoms with Crippen LogP contribution in [0.3, 0.4) is 0 Å². The number of anilines is 1. The molecule has 1 aromatic carbocycles. The van der Waals surface area contributed by atoms with Crippen LogP contribution in [-0.4, -0.2) is 94.6 Å². The lowest BCUT2D eigenvalue weighted by Crippen LogP contribution is -2.31. The zero-order valence-electron chi connectivity index (χ0n) is 20.2. The van der Waals surface area contributed by atoms with Crippen molar-refractivity contribution in [3.8, 4) is 0 Å². The van der Waals surface area contributed by atoms with Gasteiger partial charge in [-0.3, -0.25) is 9.59 Å². The van der Waals surface area contributed by atoms with E-state index in [1.807, 2.05) is 0 Å².